The standard InChI is InChI=1S/C13H19NO.C12H11Si.C9H13.2ClH.Ti/c1-8(2)10-6-5-7-11(9(3)4)12(10)13(14)15;1-3-7-11(8-4-1)13-12-9-5-2-6-10-12;1-6-5-7(2)9(4)8(6)3;;;/h5-9H,1-4H3,(H2,14,15);1-10,13H;6H,1-4H3;2*1H;/q;;-1;;;+4/p-3. The van der Waals surface area contributed by atoms with Crippen LogP contribution in [0, 0.1) is 12.0 Å². The van der Waals surface area contributed by atoms with Crippen molar-refractivity contribution in [2.75, 3.05) is 0 Å². The van der Waals surface area contributed by atoms with Crippen molar-refractivity contribution in [3.63, 3.8) is 0 Å². The molecule has 0 saturated heterocycles. The van der Waals surface area contributed by atoms with Crippen molar-refractivity contribution in [3.05, 3.63) is 124 Å². The van der Waals surface area contributed by atoms with Gasteiger partial charge in [-0.2, -0.15) is 11.1 Å². The fraction of sp³-hybridized carbons (Fsp3) is 0.324. The number of carbonyl (C=O) groups excluding carboxylic acids is 1. The molecule has 0 saturated carbocycles. The van der Waals surface area contributed by atoms with E-state index in [1.807, 2.05) is 45.9 Å². The smallest absolute Gasteiger partial charge is 1.00 e. The predicted octanol–water partition coefficient (Wildman–Crippen LogP) is 1.93. The maximum absolute atomic E-state index is 11.4. The minimum Gasteiger partial charge on any atom is -1.00 e. The maximum Gasteiger partial charge on any atom is 4.00 e. The van der Waals surface area contributed by atoms with E-state index in [1.54, 1.807) is 0 Å². The number of rotatable bonds is 5. The first kappa shape index (κ1) is 40.3. The molecule has 211 valence electrons. The van der Waals surface area contributed by atoms with Crippen molar-refractivity contribution >= 4 is 25.8 Å². The molecule has 4 rings (SSSR count). The van der Waals surface area contributed by atoms with E-state index in [2.05, 4.69) is 94.4 Å². The molecule has 1 radical (unpaired) electrons. The Morgan fingerprint density at radius 3 is 1.40 bits per heavy atom. The van der Waals surface area contributed by atoms with Gasteiger partial charge in [-0.15, -0.1) is 6.92 Å². The summed E-state index contributed by atoms with van der Waals surface area (Å²) in [5, 5.41) is 2.90. The Morgan fingerprint density at radius 2 is 1.15 bits per heavy atom. The molecule has 40 heavy (non-hydrogen) atoms. The number of halogens is 2. The third-order valence-electron chi connectivity index (χ3n) is 6.77. The van der Waals surface area contributed by atoms with Gasteiger partial charge in [0.2, 0.25) is 0 Å². The van der Waals surface area contributed by atoms with Gasteiger partial charge in [-0.1, -0.05) is 144 Å². The van der Waals surface area contributed by atoms with Gasteiger partial charge in [0.15, 0.2) is 0 Å². The third-order valence-corrected chi connectivity index (χ3v) is 8.21. The molecule has 1 aliphatic rings. The van der Waals surface area contributed by atoms with E-state index >= 15 is 0 Å². The number of hydrogen-bond acceptors (Lipinski definition) is 1. The zero-order valence-corrected chi connectivity index (χ0v) is 29.2. The van der Waals surface area contributed by atoms with Gasteiger partial charge >= 0.3 is 21.7 Å². The van der Waals surface area contributed by atoms with Gasteiger partial charge in [0, 0.05) is 5.56 Å². The van der Waals surface area contributed by atoms with Crippen molar-refractivity contribution in [1.82, 2.24) is 0 Å². The van der Waals surface area contributed by atoms with E-state index in [4.69, 9.17) is 5.73 Å². The van der Waals surface area contributed by atoms with Crippen LogP contribution in [0.1, 0.15) is 88.7 Å². The Balaban J connectivity index is 0. The molecule has 3 aromatic rings. The van der Waals surface area contributed by atoms with E-state index in [1.165, 1.54) is 27.1 Å². The van der Waals surface area contributed by atoms with Gasteiger partial charge in [-0.25, -0.2) is 5.57 Å². The molecule has 1 atom stereocenters. The number of amides is 1. The number of nitrogens with one attached hydrogen (secondary N) is 1. The molecule has 3 aromatic carbocycles. The zero-order chi connectivity index (χ0) is 27.5. The topological polar surface area (TPSA) is 40.9 Å². The number of hydrogen-bond donors (Lipinski definition) is 0. The molecular formula is C34H42Cl2NOSiTi. The molecule has 0 fully saturated rings. The average Bonchev–Trinajstić information content (AvgIpc) is 3.10. The van der Waals surface area contributed by atoms with E-state index in [-0.39, 0.29) is 67.9 Å². The second-order valence-electron chi connectivity index (χ2n) is 10.2. The summed E-state index contributed by atoms with van der Waals surface area (Å²) in [5.74, 6) is 0.564. The summed E-state index contributed by atoms with van der Waals surface area (Å²) in [6.45, 7) is 16.9. The summed E-state index contributed by atoms with van der Waals surface area (Å²) in [4.78, 5) is 11.4. The van der Waals surface area contributed by atoms with Gasteiger partial charge in [0.05, 0.1) is 5.91 Å². The Labute approximate surface area is 272 Å². The van der Waals surface area contributed by atoms with Crippen molar-refractivity contribution < 1.29 is 51.3 Å². The van der Waals surface area contributed by atoms with Gasteiger partial charge in [0.1, 0.15) is 9.52 Å². The minimum atomic E-state index is -0.567. The summed E-state index contributed by atoms with van der Waals surface area (Å²) < 4.78 is 0. The molecular weight excluding hydrogens is 585 g/mol. The number of allylic oxidation sites excluding steroid dienone is 4. The molecule has 0 aliphatic heterocycles. The van der Waals surface area contributed by atoms with Crippen LogP contribution in [0.2, 0.25) is 0 Å². The third kappa shape index (κ3) is 12.3. The second-order valence-corrected chi connectivity index (χ2v) is 11.8. The molecule has 2 nitrogen and oxygen atoms in total. The summed E-state index contributed by atoms with van der Waals surface area (Å²) in [6, 6.07) is 27.2. The fourth-order valence-corrected chi connectivity index (χ4v) is 5.48. The Hall–Kier alpha value is -1.88. The SMILES string of the molecule is CC(C)c1cccc(C(C)C)c1C([NH-])=O.CC1=[C-]C(C)C(C)=C1C.[Cl-].[Cl-].[Ti+4].c1ccc([SiH]c2ccccc2)cc1. The predicted molar refractivity (Wildman–Crippen MR) is 163 cm³/mol. The number of benzene rings is 3. The molecule has 1 aliphatic carbocycles. The summed E-state index contributed by atoms with van der Waals surface area (Å²) in [5.41, 5.74) is 14.2. The zero-order valence-electron chi connectivity index (χ0n) is 25.0. The van der Waals surface area contributed by atoms with Crippen LogP contribution in [0.5, 0.6) is 0 Å². The molecule has 0 bridgehead atoms. The van der Waals surface area contributed by atoms with Crippen molar-refractivity contribution in [2.45, 2.75) is 67.2 Å². The van der Waals surface area contributed by atoms with Crippen LogP contribution in [0.3, 0.4) is 0 Å². The second kappa shape index (κ2) is 20.1. The van der Waals surface area contributed by atoms with Crippen LogP contribution < -0.4 is 35.2 Å². The van der Waals surface area contributed by atoms with E-state index in [0.29, 0.717) is 11.5 Å². The first-order valence-corrected chi connectivity index (χ1v) is 14.3. The van der Waals surface area contributed by atoms with Crippen LogP contribution in [0.25, 0.3) is 5.73 Å². The largest absolute Gasteiger partial charge is 4.00 e. The average molecular weight is 628 g/mol. The van der Waals surface area contributed by atoms with Crippen LogP contribution in [0.15, 0.2) is 95.6 Å². The van der Waals surface area contributed by atoms with Gasteiger partial charge in [0.25, 0.3) is 0 Å². The van der Waals surface area contributed by atoms with E-state index in [0.717, 1.165) is 11.1 Å². The first-order valence-electron chi connectivity index (χ1n) is 13.1. The van der Waals surface area contributed by atoms with E-state index < -0.39 is 5.91 Å². The van der Waals surface area contributed by atoms with Gasteiger partial charge in [-0.05, 0) is 23.0 Å². The van der Waals surface area contributed by atoms with Gasteiger partial charge in [-0.3, -0.25) is 6.08 Å². The van der Waals surface area contributed by atoms with Crippen molar-refractivity contribution in [1.29, 1.82) is 0 Å². The molecule has 1 unspecified atom stereocenters. The summed E-state index contributed by atoms with van der Waals surface area (Å²) in [6.07, 6.45) is 3.36. The minimum absolute atomic E-state index is 0. The first-order chi connectivity index (χ1) is 17.5. The normalized spacial score (nSPS) is 13.4. The van der Waals surface area contributed by atoms with Crippen LogP contribution >= 0.6 is 0 Å². The van der Waals surface area contributed by atoms with E-state index in [9.17, 15) is 4.79 Å². The Bertz CT molecular complexity index is 1160. The van der Waals surface area contributed by atoms with Gasteiger partial charge < -0.3 is 35.3 Å². The summed E-state index contributed by atoms with van der Waals surface area (Å²) >= 11 is 0. The number of carbonyl (C=O) groups is 1. The Morgan fingerprint density at radius 1 is 0.750 bits per heavy atom. The summed E-state index contributed by atoms with van der Waals surface area (Å²) in [7, 11) is 0.271. The van der Waals surface area contributed by atoms with Crippen molar-refractivity contribution in [3.8, 4) is 0 Å². The quantitative estimate of drug-likeness (QED) is 0.315. The monoisotopic (exact) mass is 626 g/mol. The molecule has 0 heterocycles. The molecule has 1 amide bonds. The van der Waals surface area contributed by atoms with Crippen LogP contribution in [-0.2, 0) is 21.7 Å². The molecule has 1 N–H and O–H groups in total. The Kier molecular flexibility index (Phi) is 20.2. The van der Waals surface area contributed by atoms with Crippen LogP contribution in [0.4, 0.5) is 0 Å². The van der Waals surface area contributed by atoms with Crippen molar-refractivity contribution in [2.24, 2.45) is 5.92 Å². The maximum atomic E-state index is 11.4. The van der Waals surface area contributed by atoms with Crippen LogP contribution in [-0.4, -0.2) is 15.4 Å². The molecule has 0 aromatic heterocycles. The molecule has 0 spiro atoms. The molecule has 6 heteroatoms. The fourth-order valence-electron chi connectivity index (χ4n) is 4.27.